The summed E-state index contributed by atoms with van der Waals surface area (Å²) in [7, 11) is 0. The lowest BCUT2D eigenvalue weighted by Gasteiger charge is -2.25. The van der Waals surface area contributed by atoms with Crippen molar-refractivity contribution in [2.24, 2.45) is 0 Å². The van der Waals surface area contributed by atoms with Crippen LogP contribution in [-0.2, 0) is 6.42 Å². The van der Waals surface area contributed by atoms with Gasteiger partial charge in [0.15, 0.2) is 0 Å². The van der Waals surface area contributed by atoms with Crippen molar-refractivity contribution in [3.8, 4) is 0 Å². The third kappa shape index (κ3) is 2.81. The van der Waals surface area contributed by atoms with Gasteiger partial charge in [0, 0.05) is 10.6 Å². The zero-order chi connectivity index (χ0) is 14.3. The lowest BCUT2D eigenvalue weighted by Crippen LogP contribution is -2.16. The van der Waals surface area contributed by atoms with E-state index < -0.39 is 0 Å². The van der Waals surface area contributed by atoms with E-state index in [0.717, 1.165) is 24.1 Å². The third-order valence-corrected chi connectivity index (χ3v) is 6.00. The second-order valence-corrected chi connectivity index (χ2v) is 8.47. The third-order valence-electron chi connectivity index (χ3n) is 3.68. The Kier molecular flexibility index (Phi) is 4.20. The van der Waals surface area contributed by atoms with Crippen LogP contribution in [0.2, 0.25) is 0 Å². The molecular formula is C15H14Br2FNS. The van der Waals surface area contributed by atoms with Crippen LogP contribution < -0.4 is 5.32 Å². The minimum Gasteiger partial charge on any atom is -0.378 e. The molecule has 0 saturated heterocycles. The van der Waals surface area contributed by atoms with E-state index in [-0.39, 0.29) is 11.9 Å². The van der Waals surface area contributed by atoms with Gasteiger partial charge in [0.2, 0.25) is 0 Å². The fourth-order valence-electron chi connectivity index (χ4n) is 2.66. The molecule has 2 aromatic rings. The Morgan fingerprint density at radius 2 is 2.10 bits per heavy atom. The number of aryl methyl sites for hydroxylation is 2. The zero-order valence-electron chi connectivity index (χ0n) is 11.0. The topological polar surface area (TPSA) is 12.0 Å². The molecule has 1 unspecified atom stereocenters. The number of anilines is 1. The fourth-order valence-corrected chi connectivity index (χ4v) is 4.94. The van der Waals surface area contributed by atoms with Gasteiger partial charge in [-0.1, -0.05) is 0 Å². The summed E-state index contributed by atoms with van der Waals surface area (Å²) in [5.74, 6) is -0.222. The number of halogens is 3. The van der Waals surface area contributed by atoms with E-state index in [9.17, 15) is 4.39 Å². The van der Waals surface area contributed by atoms with Gasteiger partial charge >= 0.3 is 0 Å². The van der Waals surface area contributed by atoms with Crippen LogP contribution in [0, 0.1) is 12.7 Å². The predicted molar refractivity (Wildman–Crippen MR) is 90.2 cm³/mol. The molecule has 1 aliphatic carbocycles. The number of rotatable bonds is 2. The van der Waals surface area contributed by atoms with Crippen LogP contribution in [-0.4, -0.2) is 0 Å². The number of thiophene rings is 1. The van der Waals surface area contributed by atoms with Crippen LogP contribution >= 0.6 is 43.2 Å². The molecule has 1 nitrogen and oxygen atoms in total. The summed E-state index contributed by atoms with van der Waals surface area (Å²) in [5.41, 5.74) is 3.29. The number of hydrogen-bond donors (Lipinski definition) is 1. The van der Waals surface area contributed by atoms with Gasteiger partial charge in [-0.3, -0.25) is 0 Å². The first-order valence-corrected chi connectivity index (χ1v) is 8.95. The standard InChI is InChI=1S/C15H14Br2FNS/c1-8-5-10(16)11(18)7-13(8)19-12-3-2-4-14-9(12)6-15(17)20-14/h5-7,12,19H,2-4H2,1H3. The van der Waals surface area contributed by atoms with Crippen LogP contribution in [0.3, 0.4) is 0 Å². The van der Waals surface area contributed by atoms with E-state index >= 15 is 0 Å². The van der Waals surface area contributed by atoms with Crippen LogP contribution in [0.4, 0.5) is 10.1 Å². The molecule has 1 atom stereocenters. The second-order valence-electron chi connectivity index (χ2n) is 5.10. The summed E-state index contributed by atoms with van der Waals surface area (Å²) in [6.07, 6.45) is 3.42. The first-order valence-electron chi connectivity index (χ1n) is 6.55. The fraction of sp³-hybridized carbons (Fsp3) is 0.333. The maximum Gasteiger partial charge on any atom is 0.139 e. The highest BCUT2D eigenvalue weighted by Gasteiger charge is 2.23. The lowest BCUT2D eigenvalue weighted by atomic mass is 9.93. The minimum absolute atomic E-state index is 0.222. The van der Waals surface area contributed by atoms with E-state index in [0.29, 0.717) is 4.47 Å². The average molecular weight is 419 g/mol. The largest absolute Gasteiger partial charge is 0.378 e. The molecule has 3 rings (SSSR count). The molecule has 1 aliphatic rings. The van der Waals surface area contributed by atoms with Gasteiger partial charge in [-0.05, 0) is 87.4 Å². The van der Waals surface area contributed by atoms with Gasteiger partial charge in [0.1, 0.15) is 5.82 Å². The molecule has 0 amide bonds. The van der Waals surface area contributed by atoms with Gasteiger partial charge in [-0.25, -0.2) is 4.39 Å². The van der Waals surface area contributed by atoms with E-state index in [2.05, 4.69) is 43.2 Å². The number of hydrogen-bond acceptors (Lipinski definition) is 2. The molecule has 0 fully saturated rings. The van der Waals surface area contributed by atoms with Crippen molar-refractivity contribution in [2.45, 2.75) is 32.2 Å². The van der Waals surface area contributed by atoms with Crippen molar-refractivity contribution in [3.05, 3.63) is 48.3 Å². The summed E-state index contributed by atoms with van der Waals surface area (Å²) in [6, 6.07) is 5.88. The van der Waals surface area contributed by atoms with E-state index in [4.69, 9.17) is 0 Å². The summed E-state index contributed by atoms with van der Waals surface area (Å²) < 4.78 is 15.4. The van der Waals surface area contributed by atoms with Crippen LogP contribution in [0.5, 0.6) is 0 Å². The molecule has 106 valence electrons. The molecule has 1 heterocycles. The summed E-state index contributed by atoms with van der Waals surface area (Å²) >= 11 is 8.60. The molecule has 1 N–H and O–H groups in total. The van der Waals surface area contributed by atoms with E-state index in [1.165, 1.54) is 20.6 Å². The van der Waals surface area contributed by atoms with Crippen molar-refractivity contribution in [2.75, 3.05) is 5.32 Å². The number of fused-ring (bicyclic) bond motifs is 1. The van der Waals surface area contributed by atoms with Gasteiger partial charge in [0.05, 0.1) is 14.3 Å². The SMILES string of the molecule is Cc1cc(Br)c(F)cc1NC1CCCc2sc(Br)cc21. The summed E-state index contributed by atoms with van der Waals surface area (Å²) in [5, 5.41) is 3.51. The molecule has 20 heavy (non-hydrogen) atoms. The average Bonchev–Trinajstić information content (AvgIpc) is 2.77. The molecule has 0 bridgehead atoms. The van der Waals surface area contributed by atoms with E-state index in [1.807, 2.05) is 24.3 Å². The van der Waals surface area contributed by atoms with Crippen molar-refractivity contribution >= 4 is 48.9 Å². The lowest BCUT2D eigenvalue weighted by molar-refractivity contribution is 0.603. The second kappa shape index (κ2) is 5.78. The maximum atomic E-state index is 13.7. The summed E-state index contributed by atoms with van der Waals surface area (Å²) in [4.78, 5) is 1.44. The Morgan fingerprint density at radius 1 is 1.30 bits per heavy atom. The molecular weight excluding hydrogens is 405 g/mol. The van der Waals surface area contributed by atoms with Crippen molar-refractivity contribution < 1.29 is 4.39 Å². The highest BCUT2D eigenvalue weighted by molar-refractivity contribution is 9.11. The Labute approximate surface area is 138 Å². The highest BCUT2D eigenvalue weighted by Crippen LogP contribution is 2.40. The monoisotopic (exact) mass is 417 g/mol. The molecule has 1 aromatic carbocycles. The predicted octanol–water partition coefficient (Wildman–Crippen LogP) is 6.21. The first kappa shape index (κ1) is 14.5. The van der Waals surface area contributed by atoms with Gasteiger partial charge in [0.25, 0.3) is 0 Å². The molecule has 1 aromatic heterocycles. The zero-order valence-corrected chi connectivity index (χ0v) is 15.0. The quantitative estimate of drug-likeness (QED) is 0.611. The van der Waals surface area contributed by atoms with Crippen LogP contribution in [0.25, 0.3) is 0 Å². The highest BCUT2D eigenvalue weighted by atomic mass is 79.9. The van der Waals surface area contributed by atoms with Crippen molar-refractivity contribution in [1.82, 2.24) is 0 Å². The van der Waals surface area contributed by atoms with Gasteiger partial charge in [-0.2, -0.15) is 0 Å². The smallest absolute Gasteiger partial charge is 0.139 e. The number of nitrogens with one attached hydrogen (secondary N) is 1. The van der Waals surface area contributed by atoms with Crippen molar-refractivity contribution in [1.29, 1.82) is 0 Å². The maximum absolute atomic E-state index is 13.7. The molecule has 0 aliphatic heterocycles. The van der Waals surface area contributed by atoms with Crippen LogP contribution in [0.15, 0.2) is 26.5 Å². The molecule has 0 saturated carbocycles. The summed E-state index contributed by atoms with van der Waals surface area (Å²) in [6.45, 7) is 2.00. The Morgan fingerprint density at radius 3 is 2.90 bits per heavy atom. The Balaban J connectivity index is 1.91. The van der Waals surface area contributed by atoms with Gasteiger partial charge < -0.3 is 5.32 Å². The number of benzene rings is 1. The molecule has 0 radical (unpaired) electrons. The van der Waals surface area contributed by atoms with E-state index in [1.54, 1.807) is 6.07 Å². The van der Waals surface area contributed by atoms with Crippen molar-refractivity contribution in [3.63, 3.8) is 0 Å². The normalized spacial score (nSPS) is 17.9. The van der Waals surface area contributed by atoms with Gasteiger partial charge in [-0.15, -0.1) is 11.3 Å². The molecule has 5 heteroatoms. The van der Waals surface area contributed by atoms with Crippen LogP contribution in [0.1, 0.15) is 34.9 Å². The Bertz CT molecular complexity index is 654. The first-order chi connectivity index (χ1) is 9.54. The Hall–Kier alpha value is -0.390. The molecule has 0 spiro atoms. The minimum atomic E-state index is -0.222.